The highest BCUT2D eigenvalue weighted by Gasteiger charge is 2.44. The van der Waals surface area contributed by atoms with Gasteiger partial charge >= 0.3 is 5.97 Å². The van der Waals surface area contributed by atoms with Crippen LogP contribution in [0, 0.1) is 0 Å². The third kappa shape index (κ3) is 3.37. The van der Waals surface area contributed by atoms with Gasteiger partial charge in [-0.15, -0.1) is 0 Å². The van der Waals surface area contributed by atoms with Gasteiger partial charge in [0.1, 0.15) is 17.9 Å². The quantitative estimate of drug-likeness (QED) is 0.927. The van der Waals surface area contributed by atoms with Crippen molar-refractivity contribution in [3.8, 4) is 5.75 Å². The third-order valence-corrected chi connectivity index (χ3v) is 4.23. The largest absolute Gasteiger partial charge is 0.478 e. The maximum absolute atomic E-state index is 11.8. The summed E-state index contributed by atoms with van der Waals surface area (Å²) in [6, 6.07) is 8.55. The summed E-state index contributed by atoms with van der Waals surface area (Å²) in [7, 11) is 0. The summed E-state index contributed by atoms with van der Waals surface area (Å²) < 4.78 is 5.83. The summed E-state index contributed by atoms with van der Waals surface area (Å²) in [5.74, 6) is 0.354. The van der Waals surface area contributed by atoms with Gasteiger partial charge in [-0.3, -0.25) is 0 Å². The molecular weight excluding hydrogens is 318 g/mol. The van der Waals surface area contributed by atoms with Crippen molar-refractivity contribution in [3.05, 3.63) is 47.9 Å². The predicted molar refractivity (Wildman–Crippen MR) is 85.9 cm³/mol. The van der Waals surface area contributed by atoms with Gasteiger partial charge in [0, 0.05) is 37.2 Å². The number of ether oxygens (including phenoxy) is 1. The second kappa shape index (κ2) is 6.42. The van der Waals surface area contributed by atoms with E-state index in [1.165, 1.54) is 6.33 Å². The number of aromatic nitrogens is 2. The van der Waals surface area contributed by atoms with E-state index in [0.717, 1.165) is 5.82 Å². The molecule has 1 aromatic carbocycles. The van der Waals surface area contributed by atoms with E-state index < -0.39 is 11.6 Å². The zero-order valence-electron chi connectivity index (χ0n) is 12.4. The Balaban J connectivity index is 1.74. The van der Waals surface area contributed by atoms with E-state index >= 15 is 0 Å². The van der Waals surface area contributed by atoms with Crippen molar-refractivity contribution in [1.29, 1.82) is 0 Å². The Kier molecular flexibility index (Phi) is 4.34. The standard InChI is InChI=1S/C16H16ClN3O3/c17-12-1-3-13(4-2-12)23-16(15(21)22)6-9-20(10-7-16)14-5-8-18-11-19-14/h1-5,8,11H,6-7,9-10H2,(H,21,22). The van der Waals surface area contributed by atoms with Gasteiger partial charge in [-0.2, -0.15) is 0 Å². The van der Waals surface area contributed by atoms with Gasteiger partial charge in [-0.25, -0.2) is 14.8 Å². The number of carboxylic acids is 1. The molecule has 0 atom stereocenters. The van der Waals surface area contributed by atoms with E-state index in [-0.39, 0.29) is 0 Å². The number of halogens is 1. The average molecular weight is 334 g/mol. The van der Waals surface area contributed by atoms with Crippen molar-refractivity contribution in [1.82, 2.24) is 9.97 Å². The molecule has 1 fully saturated rings. The molecule has 0 aliphatic carbocycles. The van der Waals surface area contributed by atoms with E-state index in [9.17, 15) is 9.90 Å². The highest BCUT2D eigenvalue weighted by Crippen LogP contribution is 2.31. The lowest BCUT2D eigenvalue weighted by Crippen LogP contribution is -2.53. The van der Waals surface area contributed by atoms with Crippen LogP contribution in [0.15, 0.2) is 42.9 Å². The Morgan fingerprint density at radius 3 is 2.48 bits per heavy atom. The van der Waals surface area contributed by atoms with Gasteiger partial charge in [0.05, 0.1) is 0 Å². The van der Waals surface area contributed by atoms with E-state index in [1.807, 2.05) is 11.0 Å². The summed E-state index contributed by atoms with van der Waals surface area (Å²) in [5.41, 5.74) is -1.22. The first kappa shape index (κ1) is 15.6. The molecule has 1 aromatic heterocycles. The smallest absolute Gasteiger partial charge is 0.348 e. The van der Waals surface area contributed by atoms with Crippen LogP contribution in [0.1, 0.15) is 12.8 Å². The Bertz CT molecular complexity index is 671. The van der Waals surface area contributed by atoms with Crippen molar-refractivity contribution in [2.75, 3.05) is 18.0 Å². The summed E-state index contributed by atoms with van der Waals surface area (Å²) in [5, 5.41) is 10.2. The van der Waals surface area contributed by atoms with Gasteiger partial charge < -0.3 is 14.7 Å². The molecule has 7 heteroatoms. The summed E-state index contributed by atoms with van der Waals surface area (Å²) >= 11 is 5.85. The molecule has 0 radical (unpaired) electrons. The lowest BCUT2D eigenvalue weighted by molar-refractivity contribution is -0.157. The van der Waals surface area contributed by atoms with E-state index in [1.54, 1.807) is 30.5 Å². The number of hydrogen-bond acceptors (Lipinski definition) is 5. The normalized spacial score (nSPS) is 16.8. The lowest BCUT2D eigenvalue weighted by atomic mass is 9.91. The van der Waals surface area contributed by atoms with Crippen LogP contribution in [-0.2, 0) is 4.79 Å². The van der Waals surface area contributed by atoms with Crippen LogP contribution in [0.4, 0.5) is 5.82 Å². The molecule has 0 bridgehead atoms. The predicted octanol–water partition coefficient (Wildman–Crippen LogP) is 2.63. The van der Waals surface area contributed by atoms with Crippen LogP contribution in [0.5, 0.6) is 5.75 Å². The maximum Gasteiger partial charge on any atom is 0.348 e. The van der Waals surface area contributed by atoms with Crippen LogP contribution in [0.2, 0.25) is 5.02 Å². The minimum Gasteiger partial charge on any atom is -0.478 e. The maximum atomic E-state index is 11.8. The van der Waals surface area contributed by atoms with Gasteiger partial charge in [0.2, 0.25) is 5.60 Å². The number of aliphatic carboxylic acids is 1. The molecular formula is C16H16ClN3O3. The van der Waals surface area contributed by atoms with E-state index in [0.29, 0.717) is 36.7 Å². The summed E-state index contributed by atoms with van der Waals surface area (Å²) in [6.45, 7) is 1.10. The zero-order chi connectivity index (χ0) is 16.3. The molecule has 3 rings (SSSR count). The first-order valence-electron chi connectivity index (χ1n) is 7.28. The second-order valence-electron chi connectivity index (χ2n) is 5.41. The van der Waals surface area contributed by atoms with Crippen LogP contribution in [0.25, 0.3) is 0 Å². The van der Waals surface area contributed by atoms with Gasteiger partial charge in [-0.05, 0) is 30.3 Å². The molecule has 1 aliphatic rings. The number of carboxylic acid groups (broad SMARTS) is 1. The highest BCUT2D eigenvalue weighted by atomic mass is 35.5. The van der Waals surface area contributed by atoms with Crippen molar-refractivity contribution >= 4 is 23.4 Å². The Hall–Kier alpha value is -2.34. The first-order valence-corrected chi connectivity index (χ1v) is 7.66. The molecule has 1 aliphatic heterocycles. The van der Waals surface area contributed by atoms with Crippen molar-refractivity contribution in [2.45, 2.75) is 18.4 Å². The molecule has 1 saturated heterocycles. The molecule has 2 aromatic rings. The zero-order valence-corrected chi connectivity index (χ0v) is 13.1. The van der Waals surface area contributed by atoms with Gasteiger partial charge in [-0.1, -0.05) is 11.6 Å². The minimum absolute atomic E-state index is 0.370. The number of hydrogen-bond donors (Lipinski definition) is 1. The number of benzene rings is 1. The fraction of sp³-hybridized carbons (Fsp3) is 0.312. The molecule has 0 saturated carbocycles. The van der Waals surface area contributed by atoms with Gasteiger partial charge in [0.25, 0.3) is 0 Å². The second-order valence-corrected chi connectivity index (χ2v) is 5.85. The fourth-order valence-electron chi connectivity index (χ4n) is 2.66. The van der Waals surface area contributed by atoms with Crippen molar-refractivity contribution < 1.29 is 14.6 Å². The van der Waals surface area contributed by atoms with Crippen molar-refractivity contribution in [2.24, 2.45) is 0 Å². The third-order valence-electron chi connectivity index (χ3n) is 3.98. The van der Waals surface area contributed by atoms with Crippen LogP contribution in [0.3, 0.4) is 0 Å². The summed E-state index contributed by atoms with van der Waals surface area (Å²) in [4.78, 5) is 21.9. The molecule has 1 N–H and O–H groups in total. The average Bonchev–Trinajstić information content (AvgIpc) is 2.58. The Labute approximate surface area is 138 Å². The summed E-state index contributed by atoms with van der Waals surface area (Å²) in [6.07, 6.45) is 3.90. The lowest BCUT2D eigenvalue weighted by Gasteiger charge is -2.39. The molecule has 6 nitrogen and oxygen atoms in total. The SMILES string of the molecule is O=C(O)C1(Oc2ccc(Cl)cc2)CCN(c2ccncn2)CC1. The monoisotopic (exact) mass is 333 g/mol. The molecule has 0 amide bonds. The van der Waals surface area contributed by atoms with E-state index in [4.69, 9.17) is 16.3 Å². The van der Waals surface area contributed by atoms with Gasteiger partial charge in [0.15, 0.2) is 0 Å². The fourth-order valence-corrected chi connectivity index (χ4v) is 2.78. The number of piperidine rings is 1. The topological polar surface area (TPSA) is 75.6 Å². The first-order chi connectivity index (χ1) is 11.1. The Morgan fingerprint density at radius 2 is 1.91 bits per heavy atom. The Morgan fingerprint density at radius 1 is 1.22 bits per heavy atom. The molecule has 120 valence electrons. The number of carbonyl (C=O) groups is 1. The van der Waals surface area contributed by atoms with E-state index in [2.05, 4.69) is 9.97 Å². The molecule has 2 heterocycles. The molecule has 23 heavy (non-hydrogen) atoms. The van der Waals surface area contributed by atoms with Crippen molar-refractivity contribution in [3.63, 3.8) is 0 Å². The molecule has 0 unspecified atom stereocenters. The highest BCUT2D eigenvalue weighted by molar-refractivity contribution is 6.30. The van der Waals surface area contributed by atoms with Crippen LogP contribution < -0.4 is 9.64 Å². The number of anilines is 1. The number of nitrogens with zero attached hydrogens (tertiary/aromatic N) is 3. The van der Waals surface area contributed by atoms with Crippen LogP contribution in [-0.4, -0.2) is 39.7 Å². The molecule has 0 spiro atoms. The minimum atomic E-state index is -1.22. The number of rotatable bonds is 4. The van der Waals surface area contributed by atoms with Crippen LogP contribution >= 0.6 is 11.6 Å².